The fraction of sp³-hybridized carbons (Fsp3) is 0.702. The van der Waals surface area contributed by atoms with Gasteiger partial charge in [-0.3, -0.25) is 9.59 Å². The molecular weight excluding hydrogens is 629 g/mol. The lowest BCUT2D eigenvalue weighted by Gasteiger charge is -2.18. The molecule has 0 aromatic carbocycles. The summed E-state index contributed by atoms with van der Waals surface area (Å²) in [5, 5.41) is 8.84. The van der Waals surface area contributed by atoms with Crippen LogP contribution in [0.5, 0.6) is 0 Å². The van der Waals surface area contributed by atoms with Crippen LogP contribution in [0.25, 0.3) is 0 Å². The first-order valence-corrected chi connectivity index (χ1v) is 21.4. The average Bonchev–Trinajstić information content (AvgIpc) is 3.12. The van der Waals surface area contributed by atoms with Gasteiger partial charge in [0, 0.05) is 12.8 Å². The Bertz CT molecular complexity index is 938. The zero-order valence-electron chi connectivity index (χ0n) is 33.4. The Hall–Kier alpha value is -2.62. The van der Waals surface area contributed by atoms with E-state index in [2.05, 4.69) is 86.8 Å². The van der Waals surface area contributed by atoms with Crippen molar-refractivity contribution < 1.29 is 19.4 Å². The number of carboxylic acids is 1. The van der Waals surface area contributed by atoms with Crippen molar-refractivity contribution in [1.29, 1.82) is 0 Å². The van der Waals surface area contributed by atoms with Crippen molar-refractivity contribution in [2.24, 2.45) is 0 Å². The summed E-state index contributed by atoms with van der Waals surface area (Å²) in [7, 11) is 0. The number of aliphatic carboxylic acids is 1. The summed E-state index contributed by atoms with van der Waals surface area (Å²) in [6.45, 7) is 4.42. The number of carboxylic acid groups (broad SMARTS) is 1. The SMILES string of the molecule is CC/C=C\C/C=C\C/C=C\C/C=C\CCCCC(CCCCCCCC(=O)O)OC(=O)CCCCCCCCC/C=C\C/C=C\CCCCCC. The fourth-order valence-electron chi connectivity index (χ4n) is 6.03. The van der Waals surface area contributed by atoms with Crippen LogP contribution < -0.4 is 0 Å². The van der Waals surface area contributed by atoms with Crippen molar-refractivity contribution in [3.8, 4) is 0 Å². The number of esters is 1. The number of allylic oxidation sites excluding steroid dienone is 12. The fourth-order valence-corrected chi connectivity index (χ4v) is 6.03. The molecule has 0 aromatic rings. The van der Waals surface area contributed by atoms with E-state index >= 15 is 0 Å². The molecular formula is C47H80O4. The Balaban J connectivity index is 4.13. The van der Waals surface area contributed by atoms with E-state index in [9.17, 15) is 9.59 Å². The third-order valence-corrected chi connectivity index (χ3v) is 9.16. The highest BCUT2D eigenvalue weighted by molar-refractivity contribution is 5.69. The lowest BCUT2D eigenvalue weighted by Crippen LogP contribution is -2.18. The normalized spacial score (nSPS) is 13.0. The van der Waals surface area contributed by atoms with Gasteiger partial charge in [0.25, 0.3) is 0 Å². The first-order valence-electron chi connectivity index (χ1n) is 21.4. The molecule has 1 unspecified atom stereocenters. The number of carbonyl (C=O) groups excluding carboxylic acids is 1. The minimum atomic E-state index is -0.710. The third kappa shape index (κ3) is 41.7. The van der Waals surface area contributed by atoms with E-state index in [1.165, 1.54) is 70.6 Å². The van der Waals surface area contributed by atoms with Gasteiger partial charge in [-0.05, 0) is 109 Å². The molecule has 0 heterocycles. The Morgan fingerprint density at radius 1 is 0.451 bits per heavy atom. The number of unbranched alkanes of at least 4 members (excludes halogenated alkanes) is 17. The van der Waals surface area contributed by atoms with Gasteiger partial charge < -0.3 is 9.84 Å². The van der Waals surface area contributed by atoms with Gasteiger partial charge in [0.05, 0.1) is 0 Å². The van der Waals surface area contributed by atoms with Gasteiger partial charge in [-0.15, -0.1) is 0 Å². The number of carbonyl (C=O) groups is 2. The van der Waals surface area contributed by atoms with Crippen LogP contribution in [0.15, 0.2) is 72.9 Å². The van der Waals surface area contributed by atoms with Gasteiger partial charge >= 0.3 is 11.9 Å². The number of hydrogen-bond donors (Lipinski definition) is 1. The minimum Gasteiger partial charge on any atom is -0.481 e. The van der Waals surface area contributed by atoms with Crippen LogP contribution in [0.4, 0.5) is 0 Å². The zero-order chi connectivity index (χ0) is 37.1. The first kappa shape index (κ1) is 48.4. The maximum Gasteiger partial charge on any atom is 0.306 e. The molecule has 0 amide bonds. The molecule has 0 aliphatic heterocycles. The van der Waals surface area contributed by atoms with Crippen LogP contribution in [0.1, 0.15) is 206 Å². The molecule has 4 nitrogen and oxygen atoms in total. The number of rotatable bonds is 38. The summed E-state index contributed by atoms with van der Waals surface area (Å²) in [4.78, 5) is 23.4. The second kappa shape index (κ2) is 41.8. The van der Waals surface area contributed by atoms with Crippen LogP contribution >= 0.6 is 0 Å². The predicted molar refractivity (Wildman–Crippen MR) is 222 cm³/mol. The highest BCUT2D eigenvalue weighted by Gasteiger charge is 2.14. The smallest absolute Gasteiger partial charge is 0.306 e. The zero-order valence-corrected chi connectivity index (χ0v) is 33.4. The quantitative estimate of drug-likeness (QED) is 0.0394. The summed E-state index contributed by atoms with van der Waals surface area (Å²) in [6, 6.07) is 0. The predicted octanol–water partition coefficient (Wildman–Crippen LogP) is 15.1. The second-order valence-electron chi connectivity index (χ2n) is 14.1. The van der Waals surface area contributed by atoms with Crippen molar-refractivity contribution >= 4 is 11.9 Å². The number of hydrogen-bond acceptors (Lipinski definition) is 3. The second-order valence-corrected chi connectivity index (χ2v) is 14.1. The summed E-state index contributed by atoms with van der Waals surface area (Å²) in [6.07, 6.45) is 59.2. The van der Waals surface area contributed by atoms with Crippen LogP contribution in [-0.4, -0.2) is 23.1 Å². The Labute approximate surface area is 316 Å². The first-order chi connectivity index (χ1) is 25.1. The molecule has 0 rings (SSSR count). The lowest BCUT2D eigenvalue weighted by molar-refractivity contribution is -0.150. The van der Waals surface area contributed by atoms with Gasteiger partial charge in [0.15, 0.2) is 0 Å². The summed E-state index contributed by atoms with van der Waals surface area (Å²) < 4.78 is 6.00. The highest BCUT2D eigenvalue weighted by Crippen LogP contribution is 2.18. The molecule has 1 atom stereocenters. The molecule has 1 N–H and O–H groups in total. The summed E-state index contributed by atoms with van der Waals surface area (Å²) in [5.41, 5.74) is 0. The van der Waals surface area contributed by atoms with E-state index in [1.807, 2.05) is 0 Å². The standard InChI is InChI=1S/C47H80O4/c1-3-5-7-9-11-13-15-17-19-20-21-23-25-27-29-31-36-40-44-47(50)51-45(42-38-34-32-35-39-43-46(48)49)41-37-33-30-28-26-24-22-18-16-14-12-10-8-6-4-2/h6,8,12-15,18-20,22,26,28,45H,3-5,7,9-11,16-17,21,23-25,27,29-44H2,1-2H3,(H,48,49)/b8-6-,14-12-,15-13-,20-19-,22-18-,28-26-. The molecule has 0 spiro atoms. The lowest BCUT2D eigenvalue weighted by atomic mass is 10.0. The molecule has 292 valence electrons. The highest BCUT2D eigenvalue weighted by atomic mass is 16.5. The minimum absolute atomic E-state index is 0.00886. The van der Waals surface area contributed by atoms with Crippen LogP contribution in [0, 0.1) is 0 Å². The Morgan fingerprint density at radius 3 is 1.31 bits per heavy atom. The van der Waals surface area contributed by atoms with E-state index in [0.717, 1.165) is 109 Å². The molecule has 0 aliphatic carbocycles. The summed E-state index contributed by atoms with van der Waals surface area (Å²) >= 11 is 0. The van der Waals surface area contributed by atoms with Gasteiger partial charge in [0.2, 0.25) is 0 Å². The van der Waals surface area contributed by atoms with Gasteiger partial charge in [0.1, 0.15) is 6.10 Å². The Morgan fingerprint density at radius 2 is 0.824 bits per heavy atom. The van der Waals surface area contributed by atoms with E-state index < -0.39 is 5.97 Å². The maximum absolute atomic E-state index is 12.7. The van der Waals surface area contributed by atoms with Crippen molar-refractivity contribution in [3.05, 3.63) is 72.9 Å². The van der Waals surface area contributed by atoms with Crippen molar-refractivity contribution in [2.75, 3.05) is 0 Å². The van der Waals surface area contributed by atoms with Crippen LogP contribution in [0.2, 0.25) is 0 Å². The van der Waals surface area contributed by atoms with Gasteiger partial charge in [-0.25, -0.2) is 0 Å². The molecule has 4 heteroatoms. The maximum atomic E-state index is 12.7. The van der Waals surface area contributed by atoms with E-state index in [0.29, 0.717) is 6.42 Å². The Kier molecular flexibility index (Phi) is 39.7. The molecule has 0 aliphatic rings. The molecule has 0 radical (unpaired) electrons. The van der Waals surface area contributed by atoms with Crippen molar-refractivity contribution in [2.45, 2.75) is 213 Å². The van der Waals surface area contributed by atoms with E-state index in [4.69, 9.17) is 9.84 Å². The van der Waals surface area contributed by atoms with Crippen molar-refractivity contribution in [3.63, 3.8) is 0 Å². The van der Waals surface area contributed by atoms with E-state index in [-0.39, 0.29) is 18.5 Å². The molecule has 0 saturated carbocycles. The molecule has 0 saturated heterocycles. The average molecular weight is 709 g/mol. The van der Waals surface area contributed by atoms with Gasteiger partial charge in [-0.1, -0.05) is 157 Å². The monoisotopic (exact) mass is 709 g/mol. The molecule has 51 heavy (non-hydrogen) atoms. The molecule has 0 fully saturated rings. The number of ether oxygens (including phenoxy) is 1. The van der Waals surface area contributed by atoms with E-state index in [1.54, 1.807) is 0 Å². The summed E-state index contributed by atoms with van der Waals surface area (Å²) in [5.74, 6) is -0.739. The van der Waals surface area contributed by atoms with Crippen LogP contribution in [0.3, 0.4) is 0 Å². The van der Waals surface area contributed by atoms with Crippen LogP contribution in [-0.2, 0) is 14.3 Å². The third-order valence-electron chi connectivity index (χ3n) is 9.16. The van der Waals surface area contributed by atoms with Gasteiger partial charge in [-0.2, -0.15) is 0 Å². The molecule has 0 aromatic heterocycles. The van der Waals surface area contributed by atoms with Crippen molar-refractivity contribution in [1.82, 2.24) is 0 Å². The largest absolute Gasteiger partial charge is 0.481 e. The topological polar surface area (TPSA) is 63.6 Å². The molecule has 0 bridgehead atoms.